The lowest BCUT2D eigenvalue weighted by atomic mass is 10.3. The topological polar surface area (TPSA) is 116 Å². The van der Waals surface area contributed by atoms with E-state index in [0.29, 0.717) is 5.69 Å². The average molecular weight is 263 g/mol. The second kappa shape index (κ2) is 4.77. The van der Waals surface area contributed by atoms with Gasteiger partial charge in [0, 0.05) is 0 Å². The summed E-state index contributed by atoms with van der Waals surface area (Å²) < 4.78 is 14.3. The number of carbonyl (C=O) groups is 2. The van der Waals surface area contributed by atoms with E-state index >= 15 is 0 Å². The average Bonchev–Trinajstić information content (AvgIpc) is 2.72. The zero-order valence-corrected chi connectivity index (χ0v) is 9.63. The summed E-state index contributed by atoms with van der Waals surface area (Å²) in [6.45, 7) is 0. The largest absolute Gasteiger partial charge is 0.364 e. The van der Waals surface area contributed by atoms with Crippen LogP contribution in [0, 0.1) is 5.82 Å². The normalized spacial score (nSPS) is 10.2. The monoisotopic (exact) mass is 263 g/mol. The number of aromatic nitrogens is 2. The third-order valence-corrected chi connectivity index (χ3v) is 2.28. The lowest BCUT2D eigenvalue weighted by Gasteiger charge is -2.00. The highest BCUT2D eigenvalue weighted by atomic mass is 19.1. The van der Waals surface area contributed by atoms with Crippen LogP contribution in [0.2, 0.25) is 0 Å². The Hall–Kier alpha value is -2.90. The number of halogens is 1. The van der Waals surface area contributed by atoms with E-state index in [1.165, 1.54) is 29.1 Å². The molecule has 0 saturated carbocycles. The second-order valence-electron chi connectivity index (χ2n) is 3.67. The van der Waals surface area contributed by atoms with Crippen molar-refractivity contribution in [1.29, 1.82) is 0 Å². The molecule has 0 unspecified atom stereocenters. The van der Waals surface area contributed by atoms with Gasteiger partial charge in [-0.15, -0.1) is 0 Å². The molecule has 8 heteroatoms. The van der Waals surface area contributed by atoms with E-state index in [1.807, 2.05) is 0 Å². The van der Waals surface area contributed by atoms with E-state index in [9.17, 15) is 14.0 Å². The quantitative estimate of drug-likeness (QED) is 0.752. The zero-order valence-electron chi connectivity index (χ0n) is 9.63. The van der Waals surface area contributed by atoms with Gasteiger partial charge in [0.15, 0.2) is 5.69 Å². The van der Waals surface area contributed by atoms with E-state index in [0.717, 1.165) is 0 Å². The van der Waals surface area contributed by atoms with Gasteiger partial charge in [0.2, 0.25) is 0 Å². The van der Waals surface area contributed by atoms with E-state index in [1.54, 1.807) is 6.07 Å². The Bertz CT molecular complexity index is 652. The SMILES string of the molecule is NC(=O)Nc1cn(-c2cccc(F)c2)nc1C(N)=O. The lowest BCUT2D eigenvalue weighted by molar-refractivity contribution is 0.0996. The highest BCUT2D eigenvalue weighted by Gasteiger charge is 2.16. The van der Waals surface area contributed by atoms with Crippen LogP contribution in [0.5, 0.6) is 0 Å². The standard InChI is InChI=1S/C11H10FN5O2/c12-6-2-1-3-7(4-6)17-5-8(15-11(14)19)9(16-17)10(13)18/h1-5H,(H2,13,18)(H3,14,15,19). The van der Waals surface area contributed by atoms with Crippen molar-refractivity contribution in [2.75, 3.05) is 5.32 Å². The smallest absolute Gasteiger partial charge is 0.316 e. The number of urea groups is 1. The first-order valence-electron chi connectivity index (χ1n) is 5.19. The van der Waals surface area contributed by atoms with Crippen molar-refractivity contribution in [3.8, 4) is 5.69 Å². The van der Waals surface area contributed by atoms with Gasteiger partial charge in [-0.05, 0) is 18.2 Å². The van der Waals surface area contributed by atoms with Crippen LogP contribution < -0.4 is 16.8 Å². The first-order chi connectivity index (χ1) is 8.97. The number of hydrogen-bond donors (Lipinski definition) is 3. The number of hydrogen-bond acceptors (Lipinski definition) is 3. The van der Waals surface area contributed by atoms with E-state index in [4.69, 9.17) is 11.5 Å². The fourth-order valence-corrected chi connectivity index (χ4v) is 1.53. The molecule has 0 aliphatic carbocycles. The molecule has 1 aromatic carbocycles. The maximum absolute atomic E-state index is 13.1. The minimum absolute atomic E-state index is 0.0595. The number of nitrogens with one attached hydrogen (secondary N) is 1. The van der Waals surface area contributed by atoms with Crippen LogP contribution in [-0.2, 0) is 0 Å². The van der Waals surface area contributed by atoms with Gasteiger partial charge in [-0.2, -0.15) is 5.10 Å². The summed E-state index contributed by atoms with van der Waals surface area (Å²) in [7, 11) is 0. The Morgan fingerprint density at radius 3 is 2.63 bits per heavy atom. The predicted octanol–water partition coefficient (Wildman–Crippen LogP) is 0.601. The summed E-state index contributed by atoms with van der Waals surface area (Å²) in [6, 6.07) is 4.68. The second-order valence-corrected chi connectivity index (χ2v) is 3.67. The molecule has 2 aromatic rings. The highest BCUT2D eigenvalue weighted by Crippen LogP contribution is 2.17. The van der Waals surface area contributed by atoms with Gasteiger partial charge in [-0.1, -0.05) is 6.07 Å². The summed E-state index contributed by atoms with van der Waals surface area (Å²) in [5.41, 5.74) is 10.4. The Morgan fingerprint density at radius 2 is 2.05 bits per heavy atom. The molecule has 0 bridgehead atoms. The van der Waals surface area contributed by atoms with Crippen molar-refractivity contribution in [2.45, 2.75) is 0 Å². The third kappa shape index (κ3) is 2.68. The van der Waals surface area contributed by atoms with Gasteiger partial charge in [0.25, 0.3) is 5.91 Å². The van der Waals surface area contributed by atoms with Crippen LogP contribution in [0.25, 0.3) is 5.69 Å². The minimum atomic E-state index is -0.860. The van der Waals surface area contributed by atoms with Gasteiger partial charge in [0.05, 0.1) is 17.6 Å². The van der Waals surface area contributed by atoms with E-state index in [-0.39, 0.29) is 11.4 Å². The number of nitrogens with two attached hydrogens (primary N) is 2. The third-order valence-electron chi connectivity index (χ3n) is 2.28. The van der Waals surface area contributed by atoms with Crippen molar-refractivity contribution in [3.05, 3.63) is 42.0 Å². The molecule has 19 heavy (non-hydrogen) atoms. The van der Waals surface area contributed by atoms with Gasteiger partial charge in [-0.25, -0.2) is 13.9 Å². The zero-order chi connectivity index (χ0) is 14.0. The molecule has 98 valence electrons. The predicted molar refractivity (Wildman–Crippen MR) is 65.2 cm³/mol. The minimum Gasteiger partial charge on any atom is -0.364 e. The molecular weight excluding hydrogens is 253 g/mol. The fraction of sp³-hybridized carbons (Fsp3) is 0. The van der Waals surface area contributed by atoms with Crippen LogP contribution in [0.3, 0.4) is 0 Å². The van der Waals surface area contributed by atoms with Crippen LogP contribution in [-0.4, -0.2) is 21.7 Å². The molecule has 0 spiro atoms. The molecule has 0 saturated heterocycles. The maximum atomic E-state index is 13.1. The summed E-state index contributed by atoms with van der Waals surface area (Å²) in [4.78, 5) is 22.0. The molecule has 3 amide bonds. The molecule has 0 fully saturated rings. The number of anilines is 1. The molecule has 7 nitrogen and oxygen atoms in total. The molecule has 1 aromatic heterocycles. The van der Waals surface area contributed by atoms with Crippen molar-refractivity contribution >= 4 is 17.6 Å². The van der Waals surface area contributed by atoms with Gasteiger partial charge in [-0.3, -0.25) is 4.79 Å². The summed E-state index contributed by atoms with van der Waals surface area (Å²) >= 11 is 0. The molecule has 0 atom stereocenters. The number of carbonyl (C=O) groups excluding carboxylic acids is 2. The van der Waals surface area contributed by atoms with Gasteiger partial charge >= 0.3 is 6.03 Å². The fourth-order valence-electron chi connectivity index (χ4n) is 1.53. The van der Waals surface area contributed by atoms with Gasteiger partial charge < -0.3 is 16.8 Å². The summed E-state index contributed by atoms with van der Waals surface area (Å²) in [5, 5.41) is 6.10. The number of benzene rings is 1. The first-order valence-corrected chi connectivity index (χ1v) is 5.19. The Kier molecular flexibility index (Phi) is 3.15. The molecule has 5 N–H and O–H groups in total. The lowest BCUT2D eigenvalue weighted by Crippen LogP contribution is -2.22. The van der Waals surface area contributed by atoms with Crippen molar-refractivity contribution < 1.29 is 14.0 Å². The van der Waals surface area contributed by atoms with Crippen LogP contribution in [0.15, 0.2) is 30.5 Å². The van der Waals surface area contributed by atoms with Crippen LogP contribution in [0.4, 0.5) is 14.9 Å². The molecule has 0 radical (unpaired) electrons. The number of amides is 3. The Balaban J connectivity index is 2.48. The molecular formula is C11H10FN5O2. The molecule has 1 heterocycles. The Morgan fingerprint density at radius 1 is 1.32 bits per heavy atom. The van der Waals surface area contributed by atoms with Crippen LogP contribution in [0.1, 0.15) is 10.5 Å². The van der Waals surface area contributed by atoms with E-state index in [2.05, 4.69) is 10.4 Å². The summed E-state index contributed by atoms with van der Waals surface area (Å²) in [6.07, 6.45) is 1.32. The van der Waals surface area contributed by atoms with Gasteiger partial charge in [0.1, 0.15) is 5.82 Å². The number of nitrogens with zero attached hydrogens (tertiary/aromatic N) is 2. The molecule has 2 rings (SSSR count). The molecule has 0 aliphatic rings. The van der Waals surface area contributed by atoms with Crippen LogP contribution >= 0.6 is 0 Å². The summed E-state index contributed by atoms with van der Waals surface area (Å²) in [5.74, 6) is -1.29. The maximum Gasteiger partial charge on any atom is 0.316 e. The first kappa shape index (κ1) is 12.6. The number of primary amides is 2. The number of rotatable bonds is 3. The van der Waals surface area contributed by atoms with Crippen molar-refractivity contribution in [2.24, 2.45) is 11.5 Å². The highest BCUT2D eigenvalue weighted by molar-refractivity contribution is 6.00. The van der Waals surface area contributed by atoms with Crippen molar-refractivity contribution in [1.82, 2.24) is 9.78 Å². The molecule has 0 aliphatic heterocycles. The van der Waals surface area contributed by atoms with Crippen molar-refractivity contribution in [3.63, 3.8) is 0 Å². The Labute approximate surface area is 107 Å². The van der Waals surface area contributed by atoms with E-state index < -0.39 is 17.8 Å².